The van der Waals surface area contributed by atoms with E-state index in [0.29, 0.717) is 0 Å². The lowest BCUT2D eigenvalue weighted by Gasteiger charge is -2.05. The molecule has 0 aliphatic heterocycles. The van der Waals surface area contributed by atoms with E-state index in [0.717, 1.165) is 16.3 Å². The molecule has 19 heavy (non-hydrogen) atoms. The Kier molecular flexibility index (Phi) is 4.17. The van der Waals surface area contributed by atoms with Crippen LogP contribution in [-0.4, -0.2) is 17.7 Å². The number of benzene rings is 2. The predicted octanol–water partition coefficient (Wildman–Crippen LogP) is 2.44. The molecule has 0 unspecified atom stereocenters. The van der Waals surface area contributed by atoms with Gasteiger partial charge in [0.15, 0.2) is 6.61 Å². The van der Waals surface area contributed by atoms with E-state index in [1.807, 2.05) is 42.5 Å². The van der Waals surface area contributed by atoms with Crippen LogP contribution in [0.2, 0.25) is 0 Å². The van der Waals surface area contributed by atoms with Crippen LogP contribution in [0.1, 0.15) is 18.6 Å². The quantitative estimate of drug-likeness (QED) is 0.661. The molecule has 2 rings (SSSR count). The highest BCUT2D eigenvalue weighted by Crippen LogP contribution is 2.19. The molecule has 0 fully saturated rings. The molecule has 3 nitrogen and oxygen atoms in total. The highest BCUT2D eigenvalue weighted by molar-refractivity contribution is 5.83. The van der Waals surface area contributed by atoms with E-state index in [4.69, 9.17) is 0 Å². The predicted molar refractivity (Wildman–Crippen MR) is 73.3 cm³/mol. The first kappa shape index (κ1) is 13.1. The van der Waals surface area contributed by atoms with Crippen molar-refractivity contribution in [2.45, 2.75) is 13.0 Å². The first-order valence-corrected chi connectivity index (χ1v) is 5.95. The average Bonchev–Trinajstić information content (AvgIpc) is 2.42. The van der Waals surface area contributed by atoms with E-state index in [-0.39, 0.29) is 12.6 Å². The highest BCUT2D eigenvalue weighted by atomic mass is 16.5. The summed E-state index contributed by atoms with van der Waals surface area (Å²) in [7, 11) is 0. The third-order valence-electron chi connectivity index (χ3n) is 2.68. The van der Waals surface area contributed by atoms with Crippen LogP contribution in [0.15, 0.2) is 42.5 Å². The lowest BCUT2D eigenvalue weighted by molar-refractivity contribution is -0.139. The van der Waals surface area contributed by atoms with E-state index in [1.165, 1.54) is 6.92 Å². The first-order valence-electron chi connectivity index (χ1n) is 5.95. The largest absolute Gasteiger partial charge is 0.453 e. The van der Waals surface area contributed by atoms with Crippen LogP contribution < -0.4 is 0 Å². The van der Waals surface area contributed by atoms with Crippen molar-refractivity contribution in [1.82, 2.24) is 0 Å². The Balaban J connectivity index is 2.12. The van der Waals surface area contributed by atoms with Gasteiger partial charge in [0.2, 0.25) is 0 Å². The zero-order valence-electron chi connectivity index (χ0n) is 10.6. The van der Waals surface area contributed by atoms with Crippen LogP contribution in [0.4, 0.5) is 0 Å². The Morgan fingerprint density at radius 2 is 2.00 bits per heavy atom. The van der Waals surface area contributed by atoms with Gasteiger partial charge in [-0.25, -0.2) is 0 Å². The van der Waals surface area contributed by atoms with Crippen molar-refractivity contribution >= 4 is 16.7 Å². The molecule has 0 saturated heterocycles. The molecule has 0 amide bonds. The Morgan fingerprint density at radius 3 is 2.74 bits per heavy atom. The summed E-state index contributed by atoms with van der Waals surface area (Å²) in [6.45, 7) is 1.32. The van der Waals surface area contributed by atoms with Crippen molar-refractivity contribution in [1.29, 1.82) is 0 Å². The van der Waals surface area contributed by atoms with E-state index in [2.05, 4.69) is 16.6 Å². The zero-order chi connectivity index (χ0) is 13.7. The lowest BCUT2D eigenvalue weighted by Crippen LogP contribution is -1.99. The molecule has 0 heterocycles. The fraction of sp³-hybridized carbons (Fsp3) is 0.188. The molecule has 96 valence electrons. The van der Waals surface area contributed by atoms with Gasteiger partial charge in [0.05, 0.1) is 0 Å². The monoisotopic (exact) mass is 254 g/mol. The summed E-state index contributed by atoms with van der Waals surface area (Å²) >= 11 is 0. The number of carbonyl (C=O) groups is 1. The summed E-state index contributed by atoms with van der Waals surface area (Å²) in [6, 6.07) is 13.6. The third-order valence-corrected chi connectivity index (χ3v) is 2.68. The van der Waals surface area contributed by atoms with E-state index in [9.17, 15) is 9.90 Å². The van der Waals surface area contributed by atoms with Gasteiger partial charge in [0, 0.05) is 6.92 Å². The SMILES string of the molecule is CC(=O)OCC#C[C@@H](O)c1ccc2ccccc2c1. The molecule has 0 saturated carbocycles. The fourth-order valence-corrected chi connectivity index (χ4v) is 1.74. The second-order valence-corrected chi connectivity index (χ2v) is 4.11. The van der Waals surface area contributed by atoms with Crippen molar-refractivity contribution in [2.75, 3.05) is 6.61 Å². The van der Waals surface area contributed by atoms with E-state index in [1.54, 1.807) is 0 Å². The minimum Gasteiger partial charge on any atom is -0.453 e. The van der Waals surface area contributed by atoms with Gasteiger partial charge in [-0.2, -0.15) is 0 Å². The number of esters is 1. The van der Waals surface area contributed by atoms with Crippen molar-refractivity contribution in [3.8, 4) is 11.8 Å². The average molecular weight is 254 g/mol. The molecule has 3 heteroatoms. The van der Waals surface area contributed by atoms with Crippen molar-refractivity contribution < 1.29 is 14.6 Å². The minimum atomic E-state index is -0.875. The van der Waals surface area contributed by atoms with Gasteiger partial charge in [-0.3, -0.25) is 4.79 Å². The number of ether oxygens (including phenoxy) is 1. The maximum Gasteiger partial charge on any atom is 0.303 e. The number of aliphatic hydroxyl groups excluding tert-OH is 1. The molecule has 2 aromatic carbocycles. The van der Waals surface area contributed by atoms with Crippen LogP contribution in [0.25, 0.3) is 10.8 Å². The lowest BCUT2D eigenvalue weighted by atomic mass is 10.0. The Hall–Kier alpha value is -2.31. The summed E-state index contributed by atoms with van der Waals surface area (Å²) in [5, 5.41) is 12.1. The molecule has 1 N–H and O–H groups in total. The molecular weight excluding hydrogens is 240 g/mol. The van der Waals surface area contributed by atoms with Crippen LogP contribution in [0.5, 0.6) is 0 Å². The van der Waals surface area contributed by atoms with Crippen LogP contribution >= 0.6 is 0 Å². The van der Waals surface area contributed by atoms with Gasteiger partial charge >= 0.3 is 5.97 Å². The molecule has 1 atom stereocenters. The molecule has 2 aromatic rings. The molecule has 0 aliphatic rings. The second-order valence-electron chi connectivity index (χ2n) is 4.11. The van der Waals surface area contributed by atoms with Crippen LogP contribution in [0, 0.1) is 11.8 Å². The number of aliphatic hydroxyl groups is 1. The van der Waals surface area contributed by atoms with Crippen molar-refractivity contribution in [3.05, 3.63) is 48.0 Å². The maximum absolute atomic E-state index is 10.6. The summed E-state index contributed by atoms with van der Waals surface area (Å²) in [6.07, 6.45) is -0.875. The maximum atomic E-state index is 10.6. The topological polar surface area (TPSA) is 46.5 Å². The van der Waals surface area contributed by atoms with E-state index < -0.39 is 6.10 Å². The summed E-state index contributed by atoms with van der Waals surface area (Å²) in [5.41, 5.74) is 0.731. The van der Waals surface area contributed by atoms with Crippen LogP contribution in [-0.2, 0) is 9.53 Å². The van der Waals surface area contributed by atoms with Gasteiger partial charge in [0.1, 0.15) is 6.10 Å². The van der Waals surface area contributed by atoms with Crippen molar-refractivity contribution in [3.63, 3.8) is 0 Å². The standard InChI is InChI=1S/C16H14O3/c1-12(17)19-10-4-7-16(18)15-9-8-13-5-2-3-6-14(13)11-15/h2-3,5-6,8-9,11,16,18H,10H2,1H3/t16-/m1/s1. The van der Waals surface area contributed by atoms with Gasteiger partial charge in [-0.1, -0.05) is 48.2 Å². The number of rotatable bonds is 2. The highest BCUT2D eigenvalue weighted by Gasteiger charge is 2.04. The Morgan fingerprint density at radius 1 is 1.26 bits per heavy atom. The van der Waals surface area contributed by atoms with E-state index >= 15 is 0 Å². The van der Waals surface area contributed by atoms with Crippen LogP contribution in [0.3, 0.4) is 0 Å². The second kappa shape index (κ2) is 6.03. The normalized spacial score (nSPS) is 11.5. The van der Waals surface area contributed by atoms with Gasteiger partial charge < -0.3 is 9.84 Å². The first-order chi connectivity index (χ1) is 9.16. The summed E-state index contributed by atoms with van der Waals surface area (Å²) in [4.78, 5) is 10.6. The molecule has 0 spiro atoms. The summed E-state index contributed by atoms with van der Waals surface area (Å²) in [5.74, 6) is 4.89. The molecule has 0 aliphatic carbocycles. The number of hydrogen-bond donors (Lipinski definition) is 1. The van der Waals surface area contributed by atoms with Gasteiger partial charge in [-0.05, 0) is 22.4 Å². The molecule has 0 radical (unpaired) electrons. The zero-order valence-corrected chi connectivity index (χ0v) is 10.6. The molecular formula is C16H14O3. The van der Waals surface area contributed by atoms with Gasteiger partial charge in [-0.15, -0.1) is 0 Å². The molecule has 0 aromatic heterocycles. The summed E-state index contributed by atoms with van der Waals surface area (Å²) < 4.78 is 4.67. The third kappa shape index (κ3) is 3.57. The Bertz CT molecular complexity index is 650. The smallest absolute Gasteiger partial charge is 0.303 e. The minimum absolute atomic E-state index is 0.0000252. The Labute approximate surface area is 111 Å². The number of hydrogen-bond acceptors (Lipinski definition) is 3. The fourth-order valence-electron chi connectivity index (χ4n) is 1.74. The van der Waals surface area contributed by atoms with Gasteiger partial charge in [0.25, 0.3) is 0 Å². The number of carbonyl (C=O) groups excluding carboxylic acids is 1. The number of fused-ring (bicyclic) bond motifs is 1. The molecule has 0 bridgehead atoms. The van der Waals surface area contributed by atoms with Crippen molar-refractivity contribution in [2.24, 2.45) is 0 Å².